The van der Waals surface area contributed by atoms with Crippen LogP contribution in [0.15, 0.2) is 24.4 Å². The Morgan fingerprint density at radius 2 is 2.53 bits per heavy atom. The molecular formula is C12H17N3O2. The van der Waals surface area contributed by atoms with Gasteiger partial charge in [-0.3, -0.25) is 9.78 Å². The van der Waals surface area contributed by atoms with Crippen molar-refractivity contribution in [1.82, 2.24) is 15.2 Å². The van der Waals surface area contributed by atoms with Gasteiger partial charge < -0.3 is 15.0 Å². The molecule has 2 heterocycles. The Hall–Kier alpha value is -1.46. The summed E-state index contributed by atoms with van der Waals surface area (Å²) in [6, 6.07) is 5.33. The van der Waals surface area contributed by atoms with Gasteiger partial charge in [0.1, 0.15) is 5.69 Å². The van der Waals surface area contributed by atoms with Gasteiger partial charge in [0.2, 0.25) is 0 Å². The van der Waals surface area contributed by atoms with Gasteiger partial charge in [-0.15, -0.1) is 0 Å². The maximum Gasteiger partial charge on any atom is 0.272 e. The average Bonchev–Trinajstić information content (AvgIpc) is 2.40. The molecule has 1 unspecified atom stereocenters. The van der Waals surface area contributed by atoms with Crippen LogP contribution in [-0.4, -0.2) is 55.2 Å². The molecular weight excluding hydrogens is 218 g/mol. The van der Waals surface area contributed by atoms with Gasteiger partial charge in [-0.2, -0.15) is 0 Å². The molecule has 1 aromatic heterocycles. The predicted octanol–water partition coefficient (Wildman–Crippen LogP) is 0.142. The number of hydrogen-bond acceptors (Lipinski definition) is 4. The van der Waals surface area contributed by atoms with E-state index in [1.807, 2.05) is 6.07 Å². The van der Waals surface area contributed by atoms with Gasteiger partial charge in [0, 0.05) is 32.9 Å². The molecule has 1 N–H and O–H groups in total. The summed E-state index contributed by atoms with van der Waals surface area (Å²) in [5.74, 6) is -0.0697. The Morgan fingerprint density at radius 1 is 1.65 bits per heavy atom. The van der Waals surface area contributed by atoms with E-state index >= 15 is 0 Å². The molecule has 0 aliphatic carbocycles. The lowest BCUT2D eigenvalue weighted by atomic mass is 10.2. The standard InChI is InChI=1S/C12H17N3O2/c1-15(9-10-8-13-6-7-17-10)12(16)11-4-2-3-5-14-11/h2-5,10,13H,6-9H2,1H3. The van der Waals surface area contributed by atoms with Crippen LogP contribution in [0.1, 0.15) is 10.5 Å². The highest BCUT2D eigenvalue weighted by molar-refractivity contribution is 5.92. The molecule has 0 spiro atoms. The molecule has 5 heteroatoms. The number of nitrogens with zero attached hydrogens (tertiary/aromatic N) is 2. The van der Waals surface area contributed by atoms with Crippen molar-refractivity contribution >= 4 is 5.91 Å². The Balaban J connectivity index is 1.91. The number of aromatic nitrogens is 1. The second kappa shape index (κ2) is 5.75. The zero-order chi connectivity index (χ0) is 12.1. The Bertz CT molecular complexity index is 363. The molecule has 1 saturated heterocycles. The Labute approximate surface area is 101 Å². The first-order valence-electron chi connectivity index (χ1n) is 5.76. The number of hydrogen-bond donors (Lipinski definition) is 1. The summed E-state index contributed by atoms with van der Waals surface area (Å²) in [5, 5.41) is 3.24. The number of amides is 1. The summed E-state index contributed by atoms with van der Waals surface area (Å²) in [5.41, 5.74) is 0.471. The van der Waals surface area contributed by atoms with Crippen LogP contribution < -0.4 is 5.32 Å². The van der Waals surface area contributed by atoms with E-state index in [0.29, 0.717) is 18.8 Å². The highest BCUT2D eigenvalue weighted by atomic mass is 16.5. The minimum atomic E-state index is -0.0697. The molecule has 1 amide bonds. The molecule has 1 atom stereocenters. The van der Waals surface area contributed by atoms with Crippen LogP contribution in [0.5, 0.6) is 0 Å². The van der Waals surface area contributed by atoms with Crippen molar-refractivity contribution < 1.29 is 9.53 Å². The number of nitrogens with one attached hydrogen (secondary N) is 1. The number of pyridine rings is 1. The van der Waals surface area contributed by atoms with Gasteiger partial charge in [-0.05, 0) is 12.1 Å². The fraction of sp³-hybridized carbons (Fsp3) is 0.500. The molecule has 0 saturated carbocycles. The molecule has 1 fully saturated rings. The maximum atomic E-state index is 12.0. The summed E-state index contributed by atoms with van der Waals surface area (Å²) in [4.78, 5) is 17.7. The Morgan fingerprint density at radius 3 is 3.18 bits per heavy atom. The van der Waals surface area contributed by atoms with Crippen LogP contribution >= 0.6 is 0 Å². The van der Waals surface area contributed by atoms with E-state index in [9.17, 15) is 4.79 Å². The minimum absolute atomic E-state index is 0.0697. The maximum absolute atomic E-state index is 12.0. The van der Waals surface area contributed by atoms with E-state index < -0.39 is 0 Å². The van der Waals surface area contributed by atoms with Crippen LogP contribution in [-0.2, 0) is 4.74 Å². The number of carbonyl (C=O) groups excluding carboxylic acids is 1. The van der Waals surface area contributed by atoms with Crippen molar-refractivity contribution in [3.63, 3.8) is 0 Å². The first-order chi connectivity index (χ1) is 8.27. The third-order valence-electron chi connectivity index (χ3n) is 2.71. The van der Waals surface area contributed by atoms with Crippen LogP contribution in [0.4, 0.5) is 0 Å². The summed E-state index contributed by atoms with van der Waals surface area (Å²) < 4.78 is 5.56. The van der Waals surface area contributed by atoms with Gasteiger partial charge >= 0.3 is 0 Å². The minimum Gasteiger partial charge on any atom is -0.374 e. The lowest BCUT2D eigenvalue weighted by Crippen LogP contribution is -2.45. The lowest BCUT2D eigenvalue weighted by Gasteiger charge is -2.27. The number of likely N-dealkylation sites (N-methyl/N-ethyl adjacent to an activating group) is 1. The molecule has 92 valence electrons. The average molecular weight is 235 g/mol. The topological polar surface area (TPSA) is 54.5 Å². The van der Waals surface area contributed by atoms with Crippen molar-refractivity contribution in [3.05, 3.63) is 30.1 Å². The second-order valence-electron chi connectivity index (χ2n) is 4.10. The molecule has 2 rings (SSSR count). The van der Waals surface area contributed by atoms with Crippen molar-refractivity contribution in [1.29, 1.82) is 0 Å². The highest BCUT2D eigenvalue weighted by Gasteiger charge is 2.19. The van der Waals surface area contributed by atoms with Gasteiger partial charge in [0.05, 0.1) is 12.7 Å². The van der Waals surface area contributed by atoms with E-state index in [0.717, 1.165) is 13.1 Å². The van der Waals surface area contributed by atoms with Gasteiger partial charge in [-0.25, -0.2) is 0 Å². The third-order valence-corrected chi connectivity index (χ3v) is 2.71. The van der Waals surface area contributed by atoms with Gasteiger partial charge in [0.25, 0.3) is 5.91 Å². The van der Waals surface area contributed by atoms with Crippen LogP contribution in [0.3, 0.4) is 0 Å². The highest BCUT2D eigenvalue weighted by Crippen LogP contribution is 2.03. The van der Waals surface area contributed by atoms with Gasteiger partial charge in [0.15, 0.2) is 0 Å². The third kappa shape index (κ3) is 3.25. The largest absolute Gasteiger partial charge is 0.374 e. The molecule has 1 aliphatic rings. The fourth-order valence-electron chi connectivity index (χ4n) is 1.81. The smallest absolute Gasteiger partial charge is 0.272 e. The number of rotatable bonds is 3. The lowest BCUT2D eigenvalue weighted by molar-refractivity contribution is 0.0102. The van der Waals surface area contributed by atoms with Crippen LogP contribution in [0, 0.1) is 0 Å². The Kier molecular flexibility index (Phi) is 4.06. The van der Waals surface area contributed by atoms with E-state index in [-0.39, 0.29) is 12.0 Å². The second-order valence-corrected chi connectivity index (χ2v) is 4.10. The van der Waals surface area contributed by atoms with E-state index in [4.69, 9.17) is 4.74 Å². The monoisotopic (exact) mass is 235 g/mol. The molecule has 1 aromatic rings. The van der Waals surface area contributed by atoms with Crippen molar-refractivity contribution in [2.24, 2.45) is 0 Å². The molecule has 17 heavy (non-hydrogen) atoms. The van der Waals surface area contributed by atoms with E-state index in [2.05, 4.69) is 10.3 Å². The normalized spacial score (nSPS) is 19.9. The number of morpholine rings is 1. The molecule has 1 aliphatic heterocycles. The predicted molar refractivity (Wildman–Crippen MR) is 63.8 cm³/mol. The fourth-order valence-corrected chi connectivity index (χ4v) is 1.81. The number of ether oxygens (including phenoxy) is 1. The van der Waals surface area contributed by atoms with E-state index in [1.54, 1.807) is 30.3 Å². The summed E-state index contributed by atoms with van der Waals surface area (Å²) >= 11 is 0. The summed E-state index contributed by atoms with van der Waals surface area (Å²) in [7, 11) is 1.77. The quantitative estimate of drug-likeness (QED) is 0.810. The molecule has 0 aromatic carbocycles. The van der Waals surface area contributed by atoms with Crippen molar-refractivity contribution in [3.8, 4) is 0 Å². The molecule has 0 radical (unpaired) electrons. The SMILES string of the molecule is CN(CC1CNCCO1)C(=O)c1ccccn1. The first kappa shape index (κ1) is 12.0. The van der Waals surface area contributed by atoms with Crippen LogP contribution in [0.2, 0.25) is 0 Å². The zero-order valence-corrected chi connectivity index (χ0v) is 9.93. The van der Waals surface area contributed by atoms with Crippen LogP contribution in [0.25, 0.3) is 0 Å². The molecule has 0 bridgehead atoms. The van der Waals surface area contributed by atoms with Gasteiger partial charge in [-0.1, -0.05) is 6.07 Å². The van der Waals surface area contributed by atoms with Crippen molar-refractivity contribution in [2.45, 2.75) is 6.10 Å². The first-order valence-corrected chi connectivity index (χ1v) is 5.76. The zero-order valence-electron chi connectivity index (χ0n) is 9.93. The summed E-state index contributed by atoms with van der Waals surface area (Å²) in [6.45, 7) is 2.97. The number of carbonyl (C=O) groups is 1. The van der Waals surface area contributed by atoms with Crippen molar-refractivity contribution in [2.75, 3.05) is 33.3 Å². The molecule has 5 nitrogen and oxygen atoms in total. The summed E-state index contributed by atoms with van der Waals surface area (Å²) in [6.07, 6.45) is 1.70. The van der Waals surface area contributed by atoms with E-state index in [1.165, 1.54) is 0 Å².